The fourth-order valence-corrected chi connectivity index (χ4v) is 5.35. The largest absolute Gasteiger partial charge is 0.354 e. The molecule has 3 heterocycles. The highest BCUT2D eigenvalue weighted by Gasteiger charge is 2.44. The van der Waals surface area contributed by atoms with Crippen LogP contribution in [0.2, 0.25) is 0 Å². The van der Waals surface area contributed by atoms with E-state index >= 15 is 0 Å². The Kier molecular flexibility index (Phi) is 9.21. The number of carbonyl (C=O) groups is 5. The van der Waals surface area contributed by atoms with E-state index in [-0.39, 0.29) is 30.1 Å². The molecule has 190 valence electrons. The van der Waals surface area contributed by atoms with E-state index in [4.69, 9.17) is 0 Å². The van der Waals surface area contributed by atoms with Crippen LogP contribution in [0.25, 0.3) is 0 Å². The lowest BCUT2D eigenvalue weighted by Gasteiger charge is -2.31. The molecule has 0 aliphatic carbocycles. The van der Waals surface area contributed by atoms with Crippen LogP contribution in [0.5, 0.6) is 0 Å². The summed E-state index contributed by atoms with van der Waals surface area (Å²) in [5.41, 5.74) is 0. The number of hydrogen-bond donors (Lipinski definition) is 3. The highest BCUT2D eigenvalue weighted by Crippen LogP contribution is 2.26. The highest BCUT2D eigenvalue weighted by molar-refractivity contribution is 7.98. The van der Waals surface area contributed by atoms with Gasteiger partial charge in [0.2, 0.25) is 29.5 Å². The predicted molar refractivity (Wildman–Crippen MR) is 129 cm³/mol. The first-order valence-corrected chi connectivity index (χ1v) is 13.6. The van der Waals surface area contributed by atoms with Gasteiger partial charge in [0.05, 0.1) is 6.42 Å². The van der Waals surface area contributed by atoms with Gasteiger partial charge in [0.1, 0.15) is 24.2 Å². The molecule has 11 heteroatoms. The summed E-state index contributed by atoms with van der Waals surface area (Å²) in [6.45, 7) is 4.92. The van der Waals surface area contributed by atoms with E-state index in [0.29, 0.717) is 45.3 Å². The molecule has 3 fully saturated rings. The van der Waals surface area contributed by atoms with Gasteiger partial charge in [-0.1, -0.05) is 13.8 Å². The van der Waals surface area contributed by atoms with Crippen LogP contribution in [0.4, 0.5) is 0 Å². The number of carbonyl (C=O) groups excluding carboxylic acids is 5. The Morgan fingerprint density at radius 3 is 2.38 bits per heavy atom. The molecule has 0 aromatic carbocycles. The van der Waals surface area contributed by atoms with Gasteiger partial charge in [-0.05, 0) is 50.0 Å². The summed E-state index contributed by atoms with van der Waals surface area (Å²) in [5, 5.41) is 8.33. The number of amides is 5. The second-order valence-corrected chi connectivity index (χ2v) is 10.6. The second kappa shape index (κ2) is 11.9. The van der Waals surface area contributed by atoms with Crippen molar-refractivity contribution in [2.75, 3.05) is 31.6 Å². The van der Waals surface area contributed by atoms with Gasteiger partial charge in [0.15, 0.2) is 0 Å². The maximum Gasteiger partial charge on any atom is 0.246 e. The molecule has 4 atom stereocenters. The topological polar surface area (TPSA) is 128 Å². The molecule has 0 saturated carbocycles. The van der Waals surface area contributed by atoms with Gasteiger partial charge in [-0.25, -0.2) is 0 Å². The minimum atomic E-state index is -1.08. The molecule has 3 aliphatic heterocycles. The molecule has 10 nitrogen and oxygen atoms in total. The Morgan fingerprint density at radius 2 is 1.71 bits per heavy atom. The first kappa shape index (κ1) is 26.3. The summed E-state index contributed by atoms with van der Waals surface area (Å²) < 4.78 is 0. The van der Waals surface area contributed by atoms with Gasteiger partial charge in [0.25, 0.3) is 0 Å². The monoisotopic (exact) mass is 495 g/mol. The molecular weight excluding hydrogens is 458 g/mol. The van der Waals surface area contributed by atoms with Gasteiger partial charge in [-0.15, -0.1) is 0 Å². The van der Waals surface area contributed by atoms with Crippen molar-refractivity contribution in [2.24, 2.45) is 5.92 Å². The molecule has 3 N–H and O–H groups in total. The Balaban J connectivity index is 1.88. The van der Waals surface area contributed by atoms with Crippen molar-refractivity contribution < 1.29 is 24.0 Å². The third-order valence-electron chi connectivity index (χ3n) is 6.78. The van der Waals surface area contributed by atoms with Gasteiger partial charge >= 0.3 is 0 Å². The quantitative estimate of drug-likeness (QED) is 0.441. The smallest absolute Gasteiger partial charge is 0.246 e. The zero-order valence-corrected chi connectivity index (χ0v) is 21.1. The number of nitrogens with one attached hydrogen (secondary N) is 3. The summed E-state index contributed by atoms with van der Waals surface area (Å²) in [4.78, 5) is 69.0. The standard InChI is InChI=1S/C23H37N5O5S/c1-14(2)19-22(32)25-15(20(30)24-9-6-12-34-3)13-18(29)27-10-5-8-17(27)23(33)28-11-4-7-16(28)21(31)26-19/h14-17,19H,4-13H2,1-3H3,(H,24,30)(H,25,32)(H,26,31)/t15-,16+,17-,19-/m0/s1. The van der Waals surface area contributed by atoms with Crippen molar-refractivity contribution in [1.82, 2.24) is 25.8 Å². The average Bonchev–Trinajstić information content (AvgIpc) is 3.48. The third kappa shape index (κ3) is 6.03. The number of fused-ring (bicyclic) bond motifs is 2. The molecule has 3 saturated heterocycles. The van der Waals surface area contributed by atoms with Crippen molar-refractivity contribution in [3.8, 4) is 0 Å². The minimum Gasteiger partial charge on any atom is -0.354 e. The Hall–Kier alpha value is -2.30. The SMILES string of the molecule is CSCCCNC(=O)[C@@H]1CC(=O)N2CCC[C@H]2C(=O)N2CCC[C@@H]2C(=O)N[C@@H](C(C)C)C(=O)N1. The van der Waals surface area contributed by atoms with E-state index in [0.717, 1.165) is 12.2 Å². The zero-order chi connectivity index (χ0) is 24.8. The van der Waals surface area contributed by atoms with E-state index in [9.17, 15) is 24.0 Å². The van der Waals surface area contributed by atoms with Crippen molar-refractivity contribution in [1.29, 1.82) is 0 Å². The van der Waals surface area contributed by atoms with Crippen LogP contribution in [-0.4, -0.2) is 95.1 Å². The molecule has 0 bridgehead atoms. The van der Waals surface area contributed by atoms with Gasteiger partial charge in [-0.3, -0.25) is 24.0 Å². The number of thioether (sulfide) groups is 1. The van der Waals surface area contributed by atoms with Gasteiger partial charge < -0.3 is 25.8 Å². The maximum absolute atomic E-state index is 13.4. The fourth-order valence-electron chi connectivity index (χ4n) is 4.91. The van der Waals surface area contributed by atoms with Crippen LogP contribution >= 0.6 is 11.8 Å². The van der Waals surface area contributed by atoms with Crippen LogP contribution in [0.3, 0.4) is 0 Å². The average molecular weight is 496 g/mol. The molecule has 0 radical (unpaired) electrons. The molecule has 3 aliphatic rings. The molecule has 34 heavy (non-hydrogen) atoms. The number of nitrogens with zero attached hydrogens (tertiary/aromatic N) is 2. The fraction of sp³-hybridized carbons (Fsp3) is 0.783. The van der Waals surface area contributed by atoms with E-state index in [1.807, 2.05) is 6.26 Å². The third-order valence-corrected chi connectivity index (χ3v) is 7.48. The molecule has 0 aromatic rings. The van der Waals surface area contributed by atoms with Crippen molar-refractivity contribution >= 4 is 41.3 Å². The molecule has 3 rings (SSSR count). The predicted octanol–water partition coefficient (Wildman–Crippen LogP) is -0.133. The van der Waals surface area contributed by atoms with E-state index < -0.39 is 36.0 Å². The number of hydrogen-bond acceptors (Lipinski definition) is 6. The first-order chi connectivity index (χ1) is 16.2. The molecule has 0 unspecified atom stereocenters. The van der Waals surface area contributed by atoms with E-state index in [2.05, 4.69) is 16.0 Å². The minimum absolute atomic E-state index is 0.221. The Bertz CT molecular complexity index is 797. The second-order valence-electron chi connectivity index (χ2n) is 9.57. The summed E-state index contributed by atoms with van der Waals surface area (Å²) in [6, 6.07) is -3.25. The lowest BCUT2D eigenvalue weighted by atomic mass is 10.0. The normalized spacial score (nSPS) is 28.5. The summed E-state index contributed by atoms with van der Waals surface area (Å²) in [7, 11) is 0. The van der Waals surface area contributed by atoms with Gasteiger partial charge in [-0.2, -0.15) is 11.8 Å². The molecule has 0 spiro atoms. The molecular formula is C23H37N5O5S. The van der Waals surface area contributed by atoms with Crippen molar-refractivity contribution in [3.63, 3.8) is 0 Å². The van der Waals surface area contributed by atoms with E-state index in [1.165, 1.54) is 4.90 Å². The Morgan fingerprint density at radius 1 is 1.03 bits per heavy atom. The van der Waals surface area contributed by atoms with Crippen LogP contribution in [-0.2, 0) is 24.0 Å². The van der Waals surface area contributed by atoms with Crippen LogP contribution < -0.4 is 16.0 Å². The van der Waals surface area contributed by atoms with Gasteiger partial charge in [0, 0.05) is 19.6 Å². The summed E-state index contributed by atoms with van der Waals surface area (Å²) in [6.07, 6.45) is 4.95. The first-order valence-electron chi connectivity index (χ1n) is 12.2. The van der Waals surface area contributed by atoms with Crippen LogP contribution in [0.1, 0.15) is 52.4 Å². The molecule has 5 amide bonds. The lowest BCUT2D eigenvalue weighted by molar-refractivity contribution is -0.147. The lowest BCUT2D eigenvalue weighted by Crippen LogP contribution is -2.58. The summed E-state index contributed by atoms with van der Waals surface area (Å²) in [5.74, 6) is -1.23. The van der Waals surface area contributed by atoms with Crippen LogP contribution in [0, 0.1) is 5.92 Å². The molecule has 0 aromatic heterocycles. The highest BCUT2D eigenvalue weighted by atomic mass is 32.2. The van der Waals surface area contributed by atoms with Crippen molar-refractivity contribution in [2.45, 2.75) is 76.5 Å². The Labute approximate surface area is 205 Å². The van der Waals surface area contributed by atoms with Crippen LogP contribution in [0.15, 0.2) is 0 Å². The zero-order valence-electron chi connectivity index (χ0n) is 20.3. The van der Waals surface area contributed by atoms with Crippen molar-refractivity contribution in [3.05, 3.63) is 0 Å². The number of rotatable bonds is 6. The maximum atomic E-state index is 13.4. The summed E-state index contributed by atoms with van der Waals surface area (Å²) >= 11 is 1.67. The van der Waals surface area contributed by atoms with E-state index in [1.54, 1.807) is 30.5 Å².